The molecule has 0 aliphatic carbocycles. The molecule has 0 atom stereocenters. The Morgan fingerprint density at radius 2 is 1.81 bits per heavy atom. The van der Waals surface area contributed by atoms with Crippen LogP contribution in [0.1, 0.15) is 57.4 Å². The van der Waals surface area contributed by atoms with E-state index in [0.717, 1.165) is 12.8 Å². The Balaban J connectivity index is 2.33. The van der Waals surface area contributed by atoms with Gasteiger partial charge in [-0.2, -0.15) is 0 Å². The van der Waals surface area contributed by atoms with E-state index in [1.165, 1.54) is 38.2 Å². The number of benzene rings is 1. The molecule has 1 N–H and O–H groups in total. The van der Waals surface area contributed by atoms with Crippen LogP contribution in [0.3, 0.4) is 0 Å². The van der Waals surface area contributed by atoms with Crippen molar-refractivity contribution in [3.63, 3.8) is 0 Å². The highest BCUT2D eigenvalue weighted by Crippen LogP contribution is 2.28. The second-order valence-corrected chi connectivity index (χ2v) is 5.19. The van der Waals surface area contributed by atoms with Crippen molar-refractivity contribution in [1.82, 2.24) is 0 Å². The lowest BCUT2D eigenvalue weighted by molar-refractivity contribution is -0.386. The number of nitrogens with zero attached hydrogens (tertiary/aromatic N) is 1. The van der Waals surface area contributed by atoms with E-state index in [1.54, 1.807) is 12.1 Å². The highest BCUT2D eigenvalue weighted by Gasteiger charge is 2.15. The minimum absolute atomic E-state index is 0.0792. The van der Waals surface area contributed by atoms with Crippen LogP contribution in [0.4, 0.5) is 5.69 Å². The van der Waals surface area contributed by atoms with Gasteiger partial charge in [-0.05, 0) is 18.1 Å². The van der Waals surface area contributed by atoms with Crippen LogP contribution in [0.15, 0.2) is 18.2 Å². The lowest BCUT2D eigenvalue weighted by Gasteiger charge is -2.07. The Labute approximate surface area is 126 Å². The molecule has 0 unspecified atom stereocenters. The Hall–Kier alpha value is -1.62. The van der Waals surface area contributed by atoms with E-state index >= 15 is 0 Å². The molecular formula is C16H25NO4. The number of hydrogen-bond donors (Lipinski definition) is 1. The monoisotopic (exact) mass is 295 g/mol. The molecule has 1 aromatic rings. The number of hydrogen-bond acceptors (Lipinski definition) is 4. The van der Waals surface area contributed by atoms with Crippen molar-refractivity contribution in [2.75, 3.05) is 6.61 Å². The maximum atomic E-state index is 11.0. The van der Waals surface area contributed by atoms with Crippen LogP contribution in [0, 0.1) is 10.1 Å². The van der Waals surface area contributed by atoms with Crippen LogP contribution >= 0.6 is 0 Å². The lowest BCUT2D eigenvalue weighted by atomic mass is 10.1. The fourth-order valence-corrected chi connectivity index (χ4v) is 2.17. The molecule has 21 heavy (non-hydrogen) atoms. The Kier molecular flexibility index (Phi) is 8.43. The normalized spacial score (nSPS) is 10.6. The predicted molar refractivity (Wildman–Crippen MR) is 82.5 cm³/mol. The summed E-state index contributed by atoms with van der Waals surface area (Å²) in [7, 11) is 0. The average molecular weight is 295 g/mol. The first kappa shape index (κ1) is 17.4. The first-order chi connectivity index (χ1) is 10.2. The fourth-order valence-electron chi connectivity index (χ4n) is 2.17. The van der Waals surface area contributed by atoms with Gasteiger partial charge < -0.3 is 9.84 Å². The van der Waals surface area contributed by atoms with Crippen molar-refractivity contribution in [3.8, 4) is 5.75 Å². The van der Waals surface area contributed by atoms with Gasteiger partial charge in [0.2, 0.25) is 0 Å². The van der Waals surface area contributed by atoms with E-state index < -0.39 is 4.92 Å². The quantitative estimate of drug-likeness (QED) is 0.377. The van der Waals surface area contributed by atoms with Gasteiger partial charge in [0.25, 0.3) is 0 Å². The summed E-state index contributed by atoms with van der Waals surface area (Å²) in [6, 6.07) is 4.57. The molecular weight excluding hydrogens is 270 g/mol. The lowest BCUT2D eigenvalue weighted by Crippen LogP contribution is -2.01. The molecule has 5 heteroatoms. The number of ether oxygens (including phenoxy) is 1. The van der Waals surface area contributed by atoms with Gasteiger partial charge in [-0.15, -0.1) is 0 Å². The molecule has 1 rings (SSSR count). The first-order valence-corrected chi connectivity index (χ1v) is 7.70. The molecule has 0 heterocycles. The molecule has 0 spiro atoms. The summed E-state index contributed by atoms with van der Waals surface area (Å²) in [5.74, 6) is 0.281. The second-order valence-electron chi connectivity index (χ2n) is 5.19. The van der Waals surface area contributed by atoms with Crippen LogP contribution in [-0.2, 0) is 6.61 Å². The maximum absolute atomic E-state index is 11.0. The smallest absolute Gasteiger partial charge is 0.311 e. The Morgan fingerprint density at radius 1 is 1.14 bits per heavy atom. The minimum atomic E-state index is -0.473. The zero-order chi connectivity index (χ0) is 15.5. The van der Waals surface area contributed by atoms with Crippen LogP contribution in [0.25, 0.3) is 0 Å². The third-order valence-electron chi connectivity index (χ3n) is 3.41. The van der Waals surface area contributed by atoms with Crippen molar-refractivity contribution in [3.05, 3.63) is 33.9 Å². The molecule has 118 valence electrons. The number of nitro benzene ring substituents is 1. The van der Waals surface area contributed by atoms with Crippen LogP contribution in [0.2, 0.25) is 0 Å². The number of unbranched alkanes of at least 4 members (excludes halogenated alkanes) is 6. The molecule has 0 saturated heterocycles. The molecule has 0 bridgehead atoms. The van der Waals surface area contributed by atoms with Crippen LogP contribution in [-0.4, -0.2) is 16.6 Å². The third kappa shape index (κ3) is 6.58. The first-order valence-electron chi connectivity index (χ1n) is 7.70. The van der Waals surface area contributed by atoms with Crippen molar-refractivity contribution in [2.45, 2.75) is 58.5 Å². The van der Waals surface area contributed by atoms with Crippen LogP contribution < -0.4 is 4.74 Å². The molecule has 0 aliphatic heterocycles. The zero-order valence-corrected chi connectivity index (χ0v) is 12.7. The van der Waals surface area contributed by atoms with E-state index in [4.69, 9.17) is 9.84 Å². The van der Waals surface area contributed by atoms with Gasteiger partial charge in [0.05, 0.1) is 18.1 Å². The minimum Gasteiger partial charge on any atom is -0.487 e. The predicted octanol–water partition coefficient (Wildman–Crippen LogP) is 4.22. The summed E-state index contributed by atoms with van der Waals surface area (Å²) in [5, 5.41) is 20.0. The average Bonchev–Trinajstić information content (AvgIpc) is 2.49. The largest absolute Gasteiger partial charge is 0.487 e. The van der Waals surface area contributed by atoms with Crippen molar-refractivity contribution in [2.24, 2.45) is 0 Å². The molecule has 0 radical (unpaired) electrons. The van der Waals surface area contributed by atoms with E-state index in [1.807, 2.05) is 0 Å². The van der Waals surface area contributed by atoms with E-state index in [9.17, 15) is 10.1 Å². The molecule has 5 nitrogen and oxygen atoms in total. The van der Waals surface area contributed by atoms with E-state index in [0.29, 0.717) is 12.2 Å². The molecule has 0 amide bonds. The van der Waals surface area contributed by atoms with Crippen molar-refractivity contribution in [1.29, 1.82) is 0 Å². The van der Waals surface area contributed by atoms with Gasteiger partial charge in [0.15, 0.2) is 5.75 Å². The van der Waals surface area contributed by atoms with Gasteiger partial charge in [-0.25, -0.2) is 0 Å². The highest BCUT2D eigenvalue weighted by molar-refractivity contribution is 5.48. The summed E-state index contributed by atoms with van der Waals surface area (Å²) in [5.41, 5.74) is 0.439. The standard InChI is InChI=1S/C16H25NO4/c1-2-3-4-5-6-7-8-11-21-16-10-9-14(13-18)12-15(16)17(19)20/h9-10,12,18H,2-8,11,13H2,1H3. The summed E-state index contributed by atoms with van der Waals surface area (Å²) < 4.78 is 5.50. The summed E-state index contributed by atoms with van der Waals surface area (Å²) in [6.07, 6.45) is 8.26. The maximum Gasteiger partial charge on any atom is 0.311 e. The SMILES string of the molecule is CCCCCCCCCOc1ccc(CO)cc1[N+](=O)[O-]. The number of rotatable bonds is 11. The fraction of sp³-hybridized carbons (Fsp3) is 0.625. The number of aliphatic hydroxyl groups excluding tert-OH is 1. The van der Waals surface area contributed by atoms with Gasteiger partial charge in [0, 0.05) is 6.07 Å². The second kappa shape index (κ2) is 10.2. The zero-order valence-electron chi connectivity index (χ0n) is 12.7. The van der Waals surface area contributed by atoms with Gasteiger partial charge in [0.1, 0.15) is 0 Å². The molecule has 0 aromatic heterocycles. The summed E-state index contributed by atoms with van der Waals surface area (Å²) in [6.45, 7) is 2.48. The van der Waals surface area contributed by atoms with E-state index in [2.05, 4.69) is 6.92 Å². The van der Waals surface area contributed by atoms with Gasteiger partial charge in [-0.3, -0.25) is 10.1 Å². The number of nitro groups is 1. The summed E-state index contributed by atoms with van der Waals surface area (Å²) >= 11 is 0. The molecule has 0 saturated carbocycles. The topological polar surface area (TPSA) is 72.6 Å². The van der Waals surface area contributed by atoms with Gasteiger partial charge in [-0.1, -0.05) is 51.5 Å². The third-order valence-corrected chi connectivity index (χ3v) is 3.41. The van der Waals surface area contributed by atoms with Crippen molar-refractivity contribution >= 4 is 5.69 Å². The number of aliphatic hydroxyl groups is 1. The summed E-state index contributed by atoms with van der Waals surface area (Å²) in [4.78, 5) is 10.5. The molecule has 1 aromatic carbocycles. The molecule has 0 aliphatic rings. The van der Waals surface area contributed by atoms with Gasteiger partial charge >= 0.3 is 5.69 Å². The Morgan fingerprint density at radius 3 is 2.43 bits per heavy atom. The Bertz CT molecular complexity index is 434. The van der Waals surface area contributed by atoms with E-state index in [-0.39, 0.29) is 18.0 Å². The highest BCUT2D eigenvalue weighted by atomic mass is 16.6. The van der Waals surface area contributed by atoms with Crippen molar-refractivity contribution < 1.29 is 14.8 Å². The molecule has 0 fully saturated rings. The van der Waals surface area contributed by atoms with Crippen LogP contribution in [0.5, 0.6) is 5.75 Å².